The summed E-state index contributed by atoms with van der Waals surface area (Å²) in [5.74, 6) is 1.27. The molecule has 0 aromatic heterocycles. The second-order valence-electron chi connectivity index (χ2n) is 10.6. The zero-order valence-corrected chi connectivity index (χ0v) is 16.8. The predicted octanol–water partition coefficient (Wildman–Crippen LogP) is 4.03. The Labute approximate surface area is 157 Å². The lowest BCUT2D eigenvalue weighted by Gasteiger charge is -2.53. The van der Waals surface area contributed by atoms with Gasteiger partial charge in [0.1, 0.15) is 11.4 Å². The Morgan fingerprint density at radius 2 is 1.77 bits per heavy atom. The molecule has 0 amide bonds. The Morgan fingerprint density at radius 1 is 1.04 bits per heavy atom. The Hall–Kier alpha value is -0.900. The van der Waals surface area contributed by atoms with Gasteiger partial charge < -0.3 is 9.84 Å². The Bertz CT molecular complexity index is 635. The molecule has 4 nitrogen and oxygen atoms in total. The summed E-state index contributed by atoms with van der Waals surface area (Å²) in [6, 6.07) is 0. The third kappa shape index (κ3) is 2.36. The van der Waals surface area contributed by atoms with Gasteiger partial charge in [-0.25, -0.2) is 0 Å². The highest BCUT2D eigenvalue weighted by molar-refractivity contribution is 5.88. The molecule has 0 aromatic carbocycles. The Balaban J connectivity index is 1.72. The topological polar surface area (TPSA) is 63.6 Å². The first-order valence-electron chi connectivity index (χ1n) is 10.5. The van der Waals surface area contributed by atoms with E-state index in [-0.39, 0.29) is 22.7 Å². The van der Waals surface area contributed by atoms with Crippen LogP contribution in [-0.2, 0) is 14.3 Å². The molecule has 1 saturated heterocycles. The Kier molecular flexibility index (Phi) is 3.95. The fraction of sp³-hybridized carbons (Fsp3) is 0.909. The molecule has 1 aliphatic heterocycles. The number of esters is 1. The van der Waals surface area contributed by atoms with Gasteiger partial charge in [-0.1, -0.05) is 13.8 Å². The van der Waals surface area contributed by atoms with E-state index < -0.39 is 11.2 Å². The number of hydrogen-bond acceptors (Lipinski definition) is 4. The van der Waals surface area contributed by atoms with Gasteiger partial charge >= 0.3 is 5.97 Å². The minimum absolute atomic E-state index is 0.0287. The van der Waals surface area contributed by atoms with Crippen LogP contribution in [0.3, 0.4) is 0 Å². The van der Waals surface area contributed by atoms with Crippen molar-refractivity contribution in [3.63, 3.8) is 0 Å². The first kappa shape index (κ1) is 18.5. The maximum atomic E-state index is 12.7. The van der Waals surface area contributed by atoms with Gasteiger partial charge in [-0.15, -0.1) is 0 Å². The first-order valence-corrected chi connectivity index (χ1v) is 10.5. The first-order chi connectivity index (χ1) is 12.0. The van der Waals surface area contributed by atoms with Gasteiger partial charge in [-0.2, -0.15) is 0 Å². The van der Waals surface area contributed by atoms with Crippen molar-refractivity contribution in [3.05, 3.63) is 0 Å². The number of hydrogen-bond donors (Lipinski definition) is 1. The third-order valence-electron chi connectivity index (χ3n) is 9.08. The zero-order valence-electron chi connectivity index (χ0n) is 16.8. The number of Topliss-reactive ketones (excluding diaryl/α,β-unsaturated/α-hetero) is 1. The quantitative estimate of drug-likeness (QED) is 0.715. The van der Waals surface area contributed by atoms with Crippen molar-refractivity contribution < 1.29 is 19.4 Å². The molecule has 26 heavy (non-hydrogen) atoms. The summed E-state index contributed by atoms with van der Waals surface area (Å²) in [7, 11) is 0. The summed E-state index contributed by atoms with van der Waals surface area (Å²) < 4.78 is 5.98. The fourth-order valence-corrected chi connectivity index (χ4v) is 7.48. The van der Waals surface area contributed by atoms with Crippen LogP contribution < -0.4 is 0 Å². The van der Waals surface area contributed by atoms with E-state index in [0.717, 1.165) is 44.9 Å². The monoisotopic (exact) mass is 362 g/mol. The molecular formula is C22H34O4. The summed E-state index contributed by atoms with van der Waals surface area (Å²) in [6.07, 6.45) is 7.66. The molecule has 4 rings (SSSR count). The molecule has 3 saturated carbocycles. The van der Waals surface area contributed by atoms with Crippen molar-refractivity contribution in [2.24, 2.45) is 28.6 Å². The highest BCUT2D eigenvalue weighted by Gasteiger charge is 2.64. The molecule has 3 aliphatic carbocycles. The number of aliphatic hydroxyl groups is 1. The van der Waals surface area contributed by atoms with Crippen LogP contribution in [0.15, 0.2) is 0 Å². The minimum atomic E-state index is -0.867. The van der Waals surface area contributed by atoms with Gasteiger partial charge in [-0.05, 0) is 76.0 Å². The van der Waals surface area contributed by atoms with Crippen molar-refractivity contribution >= 4 is 11.8 Å². The lowest BCUT2D eigenvalue weighted by molar-refractivity contribution is -0.167. The van der Waals surface area contributed by atoms with E-state index in [1.165, 1.54) is 0 Å². The van der Waals surface area contributed by atoms with Crippen LogP contribution in [0.1, 0.15) is 85.5 Å². The molecule has 6 atom stereocenters. The molecule has 0 bridgehead atoms. The number of fused-ring (bicyclic) bond motifs is 3. The lowest BCUT2D eigenvalue weighted by atomic mass is 9.50. The maximum Gasteiger partial charge on any atom is 0.306 e. The summed E-state index contributed by atoms with van der Waals surface area (Å²) in [6.45, 7) is 8.27. The van der Waals surface area contributed by atoms with Gasteiger partial charge in [0.15, 0.2) is 0 Å². The molecule has 4 aliphatic rings. The second kappa shape index (κ2) is 5.56. The fourth-order valence-electron chi connectivity index (χ4n) is 7.48. The molecule has 1 spiro atoms. The molecule has 0 aromatic rings. The SMILES string of the molecule is CC(C)(O)C1CCC2C(CCC3(C)C(=O)CCC23C)CC12CCC(=O)O2. The van der Waals surface area contributed by atoms with E-state index >= 15 is 0 Å². The molecule has 4 heteroatoms. The summed E-state index contributed by atoms with van der Waals surface area (Å²) >= 11 is 0. The van der Waals surface area contributed by atoms with Crippen LogP contribution in [-0.4, -0.2) is 28.1 Å². The highest BCUT2D eigenvalue weighted by Crippen LogP contribution is 2.66. The van der Waals surface area contributed by atoms with E-state index in [1.807, 2.05) is 13.8 Å². The van der Waals surface area contributed by atoms with E-state index in [1.54, 1.807) is 0 Å². The van der Waals surface area contributed by atoms with Gasteiger partial charge in [0.2, 0.25) is 0 Å². The van der Waals surface area contributed by atoms with Crippen LogP contribution >= 0.6 is 0 Å². The second-order valence-corrected chi connectivity index (χ2v) is 10.6. The number of ketones is 1. The van der Waals surface area contributed by atoms with Crippen molar-refractivity contribution in [2.45, 2.75) is 96.7 Å². The van der Waals surface area contributed by atoms with E-state index in [0.29, 0.717) is 30.5 Å². The molecular weight excluding hydrogens is 328 g/mol. The van der Waals surface area contributed by atoms with Crippen molar-refractivity contribution in [3.8, 4) is 0 Å². The van der Waals surface area contributed by atoms with Gasteiger partial charge in [-0.3, -0.25) is 9.59 Å². The van der Waals surface area contributed by atoms with Crippen molar-refractivity contribution in [1.82, 2.24) is 0 Å². The smallest absolute Gasteiger partial charge is 0.306 e. The van der Waals surface area contributed by atoms with Crippen LogP contribution in [0.25, 0.3) is 0 Å². The van der Waals surface area contributed by atoms with Gasteiger partial charge in [0.25, 0.3) is 0 Å². The van der Waals surface area contributed by atoms with Crippen LogP contribution in [0.5, 0.6) is 0 Å². The number of carbonyl (C=O) groups excluding carboxylic acids is 2. The average Bonchev–Trinajstić information content (AvgIpc) is 2.94. The van der Waals surface area contributed by atoms with E-state index in [9.17, 15) is 14.7 Å². The molecule has 6 unspecified atom stereocenters. The number of rotatable bonds is 1. The van der Waals surface area contributed by atoms with Crippen LogP contribution in [0.2, 0.25) is 0 Å². The molecule has 0 radical (unpaired) electrons. The van der Waals surface area contributed by atoms with Gasteiger partial charge in [0, 0.05) is 24.2 Å². The average molecular weight is 363 g/mol. The van der Waals surface area contributed by atoms with E-state index in [2.05, 4.69) is 13.8 Å². The van der Waals surface area contributed by atoms with Gasteiger partial charge in [0.05, 0.1) is 5.60 Å². The minimum Gasteiger partial charge on any atom is -0.459 e. The largest absolute Gasteiger partial charge is 0.459 e. The van der Waals surface area contributed by atoms with Crippen LogP contribution in [0, 0.1) is 28.6 Å². The Morgan fingerprint density at radius 3 is 2.38 bits per heavy atom. The van der Waals surface area contributed by atoms with Crippen LogP contribution in [0.4, 0.5) is 0 Å². The molecule has 1 N–H and O–H groups in total. The summed E-state index contributed by atoms with van der Waals surface area (Å²) in [4.78, 5) is 24.8. The normalized spacial score (nSPS) is 48.9. The lowest BCUT2D eigenvalue weighted by Crippen LogP contribution is -2.51. The highest BCUT2D eigenvalue weighted by atomic mass is 16.6. The number of ether oxygens (including phenoxy) is 1. The summed E-state index contributed by atoms with van der Waals surface area (Å²) in [5.41, 5.74) is -1.52. The van der Waals surface area contributed by atoms with Crippen molar-refractivity contribution in [2.75, 3.05) is 0 Å². The standard InChI is InChI=1S/C22H34O4/c1-19(2,25)16-6-5-15-14(13-22(16)12-9-18(24)26-22)7-10-21(4)17(23)8-11-20(15,21)3/h14-16,25H,5-13H2,1-4H3. The molecule has 146 valence electrons. The molecule has 4 fully saturated rings. The third-order valence-corrected chi connectivity index (χ3v) is 9.08. The summed E-state index contributed by atoms with van der Waals surface area (Å²) in [5, 5.41) is 10.9. The van der Waals surface area contributed by atoms with E-state index in [4.69, 9.17) is 4.74 Å². The molecule has 1 heterocycles. The zero-order chi connectivity index (χ0) is 19.0. The van der Waals surface area contributed by atoms with Crippen molar-refractivity contribution in [1.29, 1.82) is 0 Å². The predicted molar refractivity (Wildman–Crippen MR) is 98.4 cm³/mol. The maximum absolute atomic E-state index is 12.7. The number of carbonyl (C=O) groups is 2.